The number of nitrogens with zero attached hydrogens (tertiary/aromatic N) is 1. The second kappa shape index (κ2) is 14.3. The lowest BCUT2D eigenvalue weighted by atomic mass is 9.91. The standard InChI is InChI=1S/C58H37NO2/c1-3-13-39(14-4-1)46-35-30-43(37-51(46)40-15-5-2-6-16-40)38-25-31-44(32-26-38)59(52-21-12-24-55-57(52)49-19-9-10-22-53(49)60-55)45-33-27-42(28-34-45)47-20-11-23-54-56(47)50-36-29-41-17-7-8-18-48(41)58(50)61-54/h1-37H. The SMILES string of the molecule is c1ccc(-c2ccc(-c3ccc(N(c4ccc(-c5cccc6oc7c8ccccc8ccc7c56)cc4)c4cccc5oc6ccccc6c45)cc3)cc2-c2ccccc2)cc1. The van der Waals surface area contributed by atoms with Gasteiger partial charge in [0.1, 0.15) is 22.3 Å². The van der Waals surface area contributed by atoms with Crippen LogP contribution >= 0.6 is 0 Å². The minimum Gasteiger partial charge on any atom is -0.456 e. The van der Waals surface area contributed by atoms with Crippen molar-refractivity contribution in [2.75, 3.05) is 4.90 Å². The third-order valence-electron chi connectivity index (χ3n) is 12.1. The molecule has 0 bridgehead atoms. The van der Waals surface area contributed by atoms with Gasteiger partial charge in [-0.2, -0.15) is 0 Å². The van der Waals surface area contributed by atoms with Gasteiger partial charge in [-0.3, -0.25) is 0 Å². The van der Waals surface area contributed by atoms with Crippen molar-refractivity contribution in [1.29, 1.82) is 0 Å². The lowest BCUT2D eigenvalue weighted by molar-refractivity contribution is 0.669. The van der Waals surface area contributed by atoms with Crippen LogP contribution in [0.3, 0.4) is 0 Å². The molecule has 0 N–H and O–H groups in total. The van der Waals surface area contributed by atoms with Gasteiger partial charge in [-0.05, 0) is 111 Å². The summed E-state index contributed by atoms with van der Waals surface area (Å²) in [6, 6.07) is 79.9. The predicted molar refractivity (Wildman–Crippen MR) is 255 cm³/mol. The summed E-state index contributed by atoms with van der Waals surface area (Å²) in [5, 5.41) is 6.72. The molecule has 0 saturated heterocycles. The fourth-order valence-electron chi connectivity index (χ4n) is 9.21. The van der Waals surface area contributed by atoms with Gasteiger partial charge >= 0.3 is 0 Å². The molecule has 0 unspecified atom stereocenters. The fraction of sp³-hybridized carbons (Fsp3) is 0. The molecule has 0 radical (unpaired) electrons. The van der Waals surface area contributed by atoms with E-state index in [1.807, 2.05) is 12.1 Å². The van der Waals surface area contributed by atoms with Crippen molar-refractivity contribution in [2.45, 2.75) is 0 Å². The van der Waals surface area contributed by atoms with E-state index < -0.39 is 0 Å². The second-order valence-electron chi connectivity index (χ2n) is 15.6. The first kappa shape index (κ1) is 34.9. The van der Waals surface area contributed by atoms with Gasteiger partial charge in [0, 0.05) is 32.9 Å². The van der Waals surface area contributed by atoms with Gasteiger partial charge in [-0.15, -0.1) is 0 Å². The van der Waals surface area contributed by atoms with Crippen LogP contribution in [0.25, 0.3) is 99.2 Å². The van der Waals surface area contributed by atoms with E-state index in [-0.39, 0.29) is 0 Å². The highest BCUT2D eigenvalue weighted by molar-refractivity contribution is 6.19. The summed E-state index contributed by atoms with van der Waals surface area (Å²) in [6.45, 7) is 0. The Hall–Kier alpha value is -8.14. The monoisotopic (exact) mass is 779 g/mol. The molecule has 0 saturated carbocycles. The first-order valence-corrected chi connectivity index (χ1v) is 20.7. The zero-order chi connectivity index (χ0) is 40.3. The van der Waals surface area contributed by atoms with E-state index in [1.54, 1.807) is 0 Å². The zero-order valence-electron chi connectivity index (χ0n) is 33.1. The van der Waals surface area contributed by atoms with E-state index in [2.05, 4.69) is 217 Å². The van der Waals surface area contributed by atoms with E-state index in [9.17, 15) is 0 Å². The van der Waals surface area contributed by atoms with Crippen LogP contribution in [0.1, 0.15) is 0 Å². The highest BCUT2D eigenvalue weighted by Gasteiger charge is 2.21. The summed E-state index contributed by atoms with van der Waals surface area (Å²) >= 11 is 0. The molecule has 10 aromatic carbocycles. The van der Waals surface area contributed by atoms with Gasteiger partial charge < -0.3 is 13.7 Å². The maximum Gasteiger partial charge on any atom is 0.143 e. The van der Waals surface area contributed by atoms with Crippen molar-refractivity contribution in [3.8, 4) is 44.5 Å². The van der Waals surface area contributed by atoms with Gasteiger partial charge in [-0.25, -0.2) is 0 Å². The molecular weight excluding hydrogens is 743 g/mol. The minimum atomic E-state index is 0.856. The Morgan fingerprint density at radius 2 is 0.869 bits per heavy atom. The number of furan rings is 2. The Balaban J connectivity index is 0.982. The third kappa shape index (κ3) is 5.90. The Morgan fingerprint density at radius 3 is 1.62 bits per heavy atom. The Morgan fingerprint density at radius 1 is 0.295 bits per heavy atom. The normalized spacial score (nSPS) is 11.6. The van der Waals surface area contributed by atoms with E-state index in [0.717, 1.165) is 88.6 Å². The quantitative estimate of drug-likeness (QED) is 0.161. The molecule has 2 heterocycles. The fourth-order valence-corrected chi connectivity index (χ4v) is 9.21. The van der Waals surface area contributed by atoms with Crippen LogP contribution in [-0.2, 0) is 0 Å². The largest absolute Gasteiger partial charge is 0.456 e. The molecule has 12 rings (SSSR count). The van der Waals surface area contributed by atoms with Gasteiger partial charge in [-0.1, -0.05) is 164 Å². The van der Waals surface area contributed by atoms with Crippen LogP contribution < -0.4 is 4.90 Å². The van der Waals surface area contributed by atoms with E-state index in [0.29, 0.717) is 0 Å². The summed E-state index contributed by atoms with van der Waals surface area (Å²) < 4.78 is 13.0. The molecule has 61 heavy (non-hydrogen) atoms. The van der Waals surface area contributed by atoms with Crippen LogP contribution in [0, 0.1) is 0 Å². The highest BCUT2D eigenvalue weighted by Crippen LogP contribution is 2.45. The molecule has 3 heteroatoms. The number of para-hydroxylation sites is 1. The number of fused-ring (bicyclic) bond motifs is 8. The van der Waals surface area contributed by atoms with Crippen molar-refractivity contribution in [2.24, 2.45) is 0 Å². The molecule has 12 aromatic rings. The Bertz CT molecular complexity index is 3560. The Labute approximate surface area is 353 Å². The molecule has 0 fully saturated rings. The van der Waals surface area contributed by atoms with Gasteiger partial charge in [0.05, 0.1) is 11.1 Å². The number of rotatable bonds is 7. The third-order valence-corrected chi connectivity index (χ3v) is 12.1. The van der Waals surface area contributed by atoms with Crippen LogP contribution in [0.5, 0.6) is 0 Å². The number of hydrogen-bond acceptors (Lipinski definition) is 3. The molecule has 0 amide bonds. The topological polar surface area (TPSA) is 29.5 Å². The lowest BCUT2D eigenvalue weighted by Gasteiger charge is -2.26. The first-order chi connectivity index (χ1) is 30.2. The second-order valence-corrected chi connectivity index (χ2v) is 15.6. The number of hydrogen-bond donors (Lipinski definition) is 0. The average Bonchev–Trinajstić information content (AvgIpc) is 3.92. The van der Waals surface area contributed by atoms with Crippen molar-refractivity contribution < 1.29 is 8.83 Å². The van der Waals surface area contributed by atoms with Crippen molar-refractivity contribution in [1.82, 2.24) is 0 Å². The summed E-state index contributed by atoms with van der Waals surface area (Å²) in [4.78, 5) is 2.35. The van der Waals surface area contributed by atoms with E-state index in [1.165, 1.54) is 27.6 Å². The van der Waals surface area contributed by atoms with Crippen LogP contribution in [0.4, 0.5) is 17.1 Å². The molecule has 3 nitrogen and oxygen atoms in total. The van der Waals surface area contributed by atoms with E-state index in [4.69, 9.17) is 8.83 Å². The number of benzene rings is 10. The highest BCUT2D eigenvalue weighted by atomic mass is 16.3. The van der Waals surface area contributed by atoms with Crippen molar-refractivity contribution in [3.63, 3.8) is 0 Å². The first-order valence-electron chi connectivity index (χ1n) is 20.7. The summed E-state index contributed by atoms with van der Waals surface area (Å²) in [7, 11) is 0. The van der Waals surface area contributed by atoms with Crippen LogP contribution in [0.2, 0.25) is 0 Å². The van der Waals surface area contributed by atoms with Gasteiger partial charge in [0.25, 0.3) is 0 Å². The zero-order valence-corrected chi connectivity index (χ0v) is 33.1. The maximum atomic E-state index is 6.55. The summed E-state index contributed by atoms with van der Waals surface area (Å²) in [5.74, 6) is 0. The molecule has 286 valence electrons. The molecule has 2 aromatic heterocycles. The van der Waals surface area contributed by atoms with Crippen molar-refractivity contribution >= 4 is 71.7 Å². The molecule has 0 spiro atoms. The van der Waals surface area contributed by atoms with Crippen LogP contribution in [0.15, 0.2) is 233 Å². The molecular formula is C58H37NO2. The van der Waals surface area contributed by atoms with Crippen LogP contribution in [-0.4, -0.2) is 0 Å². The molecule has 0 aliphatic heterocycles. The maximum absolute atomic E-state index is 6.55. The molecule has 0 atom stereocenters. The predicted octanol–water partition coefficient (Wildman–Crippen LogP) is 16.8. The number of anilines is 3. The molecule has 0 aliphatic rings. The average molecular weight is 780 g/mol. The minimum absolute atomic E-state index is 0.856. The smallest absolute Gasteiger partial charge is 0.143 e. The lowest BCUT2D eigenvalue weighted by Crippen LogP contribution is -2.10. The summed E-state index contributed by atoms with van der Waals surface area (Å²) in [6.07, 6.45) is 0. The summed E-state index contributed by atoms with van der Waals surface area (Å²) in [5.41, 5.74) is 16.1. The van der Waals surface area contributed by atoms with E-state index >= 15 is 0 Å². The van der Waals surface area contributed by atoms with Gasteiger partial charge in [0.15, 0.2) is 0 Å². The molecule has 0 aliphatic carbocycles. The Kier molecular flexibility index (Phi) is 8.17. The van der Waals surface area contributed by atoms with Gasteiger partial charge in [0.2, 0.25) is 0 Å². The van der Waals surface area contributed by atoms with Crippen molar-refractivity contribution in [3.05, 3.63) is 224 Å².